The van der Waals surface area contributed by atoms with Crippen molar-refractivity contribution < 1.29 is 9.90 Å². The van der Waals surface area contributed by atoms with Gasteiger partial charge in [-0.2, -0.15) is 5.10 Å². The molecule has 1 amide bonds. The summed E-state index contributed by atoms with van der Waals surface area (Å²) in [4.78, 5) is 12.6. The molecule has 2 aliphatic rings. The van der Waals surface area contributed by atoms with Gasteiger partial charge in [-0.05, 0) is 36.0 Å². The Kier molecular flexibility index (Phi) is 3.04. The minimum Gasteiger partial charge on any atom is -0.379 e. The molecule has 0 radical (unpaired) electrons. The molecule has 4 rings (SSSR count). The molecule has 1 aromatic carbocycles. The average Bonchev–Trinajstić information content (AvgIpc) is 3.11. The molecule has 0 saturated heterocycles. The van der Waals surface area contributed by atoms with E-state index in [1.54, 1.807) is 0 Å². The van der Waals surface area contributed by atoms with Gasteiger partial charge in [0.15, 0.2) is 5.60 Å². The third-order valence-electron chi connectivity index (χ3n) is 4.85. The number of aliphatic hydroxyl groups is 1. The first-order valence-corrected chi connectivity index (χ1v) is 7.78. The Bertz CT molecular complexity index is 697. The van der Waals surface area contributed by atoms with Crippen LogP contribution in [-0.2, 0) is 24.1 Å². The van der Waals surface area contributed by atoms with Gasteiger partial charge in [-0.25, -0.2) is 0 Å². The van der Waals surface area contributed by atoms with Gasteiger partial charge in [0.2, 0.25) is 0 Å². The first-order valence-electron chi connectivity index (χ1n) is 7.78. The van der Waals surface area contributed by atoms with E-state index in [1.807, 2.05) is 30.5 Å². The smallest absolute Gasteiger partial charge is 0.253 e. The molecule has 0 saturated carbocycles. The van der Waals surface area contributed by atoms with Gasteiger partial charge in [0.25, 0.3) is 5.91 Å². The van der Waals surface area contributed by atoms with E-state index in [4.69, 9.17) is 0 Å². The van der Waals surface area contributed by atoms with Crippen molar-refractivity contribution in [1.82, 2.24) is 15.5 Å². The second-order valence-electron chi connectivity index (χ2n) is 6.38. The largest absolute Gasteiger partial charge is 0.379 e. The normalized spacial score (nSPS) is 22.0. The van der Waals surface area contributed by atoms with Crippen LogP contribution in [0.5, 0.6) is 0 Å². The maximum absolute atomic E-state index is 12.6. The number of aromatic nitrogens is 2. The van der Waals surface area contributed by atoms with Crippen LogP contribution in [0.2, 0.25) is 0 Å². The highest BCUT2D eigenvalue weighted by molar-refractivity contribution is 5.87. The second-order valence-corrected chi connectivity index (χ2v) is 6.38. The highest BCUT2D eigenvalue weighted by atomic mass is 16.3. The molecule has 3 N–H and O–H groups in total. The molecular formula is C17H19N3O2. The number of hydrogen-bond donors (Lipinski definition) is 3. The molecule has 114 valence electrons. The summed E-state index contributed by atoms with van der Waals surface area (Å²) in [6.07, 6.45) is 5.50. The molecule has 5 heteroatoms. The van der Waals surface area contributed by atoms with Gasteiger partial charge in [-0.15, -0.1) is 0 Å². The van der Waals surface area contributed by atoms with Gasteiger partial charge < -0.3 is 10.4 Å². The number of nitrogens with one attached hydrogen (secondary N) is 2. The molecule has 22 heavy (non-hydrogen) atoms. The fourth-order valence-electron chi connectivity index (χ4n) is 3.66. The van der Waals surface area contributed by atoms with Crippen LogP contribution in [0.25, 0.3) is 0 Å². The summed E-state index contributed by atoms with van der Waals surface area (Å²) in [5.74, 6) is -0.281. The van der Waals surface area contributed by atoms with Crippen LogP contribution in [0, 0.1) is 0 Å². The summed E-state index contributed by atoms with van der Waals surface area (Å²) in [6.45, 7) is 0. The Hall–Kier alpha value is -2.14. The lowest BCUT2D eigenvalue weighted by atomic mass is 9.92. The van der Waals surface area contributed by atoms with Gasteiger partial charge >= 0.3 is 0 Å². The van der Waals surface area contributed by atoms with E-state index in [1.165, 1.54) is 5.56 Å². The number of carbonyl (C=O) groups is 1. The fraction of sp³-hybridized carbons (Fsp3) is 0.412. The van der Waals surface area contributed by atoms with Gasteiger partial charge in [0.1, 0.15) is 0 Å². The van der Waals surface area contributed by atoms with Crippen LogP contribution in [0.1, 0.15) is 41.3 Å². The quantitative estimate of drug-likeness (QED) is 0.785. The summed E-state index contributed by atoms with van der Waals surface area (Å²) in [7, 11) is 0. The average molecular weight is 297 g/mol. The molecule has 5 nitrogen and oxygen atoms in total. The number of rotatable bonds is 2. The zero-order chi connectivity index (χ0) is 15.2. The standard InChI is InChI=1S/C17H19N3O2/c21-16(17(22)8-11-4-1-2-5-12(11)9-17)19-14-7-3-6-13-10-18-20-15(13)14/h1-2,4-5,10,14,22H,3,6-9H2,(H,18,20)(H,19,21)/t14-/m1/s1. The molecule has 0 bridgehead atoms. The molecule has 1 aromatic heterocycles. The predicted octanol–water partition coefficient (Wildman–Crippen LogP) is 1.43. The van der Waals surface area contributed by atoms with E-state index in [0.717, 1.165) is 36.1 Å². The van der Waals surface area contributed by atoms with Crippen LogP contribution in [0.15, 0.2) is 30.5 Å². The van der Waals surface area contributed by atoms with Crippen LogP contribution in [0.4, 0.5) is 0 Å². The number of amides is 1. The fourth-order valence-corrected chi connectivity index (χ4v) is 3.66. The Labute approximate surface area is 128 Å². The Morgan fingerprint density at radius 3 is 2.73 bits per heavy atom. The van der Waals surface area contributed by atoms with Gasteiger partial charge in [-0.3, -0.25) is 9.89 Å². The first kappa shape index (κ1) is 13.5. The molecule has 2 aromatic rings. The van der Waals surface area contributed by atoms with Crippen LogP contribution >= 0.6 is 0 Å². The molecule has 0 aliphatic heterocycles. The SMILES string of the molecule is O=C(N[C@@H]1CCCc2cn[nH]c21)C1(O)Cc2ccccc2C1. The van der Waals surface area contributed by atoms with Crippen LogP contribution < -0.4 is 5.32 Å². The summed E-state index contributed by atoms with van der Waals surface area (Å²) < 4.78 is 0. The highest BCUT2D eigenvalue weighted by Crippen LogP contribution is 2.32. The summed E-state index contributed by atoms with van der Waals surface area (Å²) in [5, 5.41) is 20.8. The monoisotopic (exact) mass is 297 g/mol. The number of hydrogen-bond acceptors (Lipinski definition) is 3. The summed E-state index contributed by atoms with van der Waals surface area (Å²) >= 11 is 0. The summed E-state index contributed by atoms with van der Waals surface area (Å²) in [6, 6.07) is 7.77. The van der Waals surface area contributed by atoms with Gasteiger partial charge in [0, 0.05) is 12.8 Å². The van der Waals surface area contributed by atoms with Crippen molar-refractivity contribution >= 4 is 5.91 Å². The number of nitrogens with zero attached hydrogens (tertiary/aromatic N) is 1. The van der Waals surface area contributed by atoms with E-state index in [9.17, 15) is 9.90 Å². The lowest BCUT2D eigenvalue weighted by molar-refractivity contribution is -0.139. The molecule has 0 spiro atoms. The zero-order valence-electron chi connectivity index (χ0n) is 12.3. The van der Waals surface area contributed by atoms with Crippen molar-refractivity contribution in [2.45, 2.75) is 43.7 Å². The van der Waals surface area contributed by atoms with E-state index in [2.05, 4.69) is 15.5 Å². The Balaban J connectivity index is 1.52. The molecule has 0 unspecified atom stereocenters. The zero-order valence-corrected chi connectivity index (χ0v) is 12.3. The Morgan fingerprint density at radius 1 is 1.27 bits per heavy atom. The third kappa shape index (κ3) is 2.13. The minimum atomic E-state index is -1.33. The lowest BCUT2D eigenvalue weighted by Gasteiger charge is -2.28. The van der Waals surface area contributed by atoms with Crippen molar-refractivity contribution in [1.29, 1.82) is 0 Å². The maximum Gasteiger partial charge on any atom is 0.253 e. The number of fused-ring (bicyclic) bond motifs is 2. The topological polar surface area (TPSA) is 78.0 Å². The molecule has 1 atom stereocenters. The van der Waals surface area contributed by atoms with Crippen LogP contribution in [-0.4, -0.2) is 26.8 Å². The number of aryl methyl sites for hydroxylation is 1. The summed E-state index contributed by atoms with van der Waals surface area (Å²) in [5.41, 5.74) is 2.94. The number of benzene rings is 1. The first-order chi connectivity index (χ1) is 10.7. The van der Waals surface area contributed by atoms with Gasteiger partial charge in [0.05, 0.1) is 17.9 Å². The lowest BCUT2D eigenvalue weighted by Crippen LogP contribution is -2.49. The number of aromatic amines is 1. The van der Waals surface area contributed by atoms with Crippen LogP contribution in [0.3, 0.4) is 0 Å². The minimum absolute atomic E-state index is 0.0773. The molecule has 1 heterocycles. The van der Waals surface area contributed by atoms with Crippen molar-refractivity contribution in [2.75, 3.05) is 0 Å². The predicted molar refractivity (Wildman–Crippen MR) is 81.2 cm³/mol. The number of H-pyrrole nitrogens is 1. The second kappa shape index (κ2) is 4.95. The number of carbonyl (C=O) groups excluding carboxylic acids is 1. The third-order valence-corrected chi connectivity index (χ3v) is 4.85. The Morgan fingerprint density at radius 2 is 2.00 bits per heavy atom. The van der Waals surface area contributed by atoms with E-state index < -0.39 is 5.60 Å². The molecule has 2 aliphatic carbocycles. The van der Waals surface area contributed by atoms with Crippen molar-refractivity contribution in [2.24, 2.45) is 0 Å². The van der Waals surface area contributed by atoms with Crippen molar-refractivity contribution in [3.05, 3.63) is 52.8 Å². The van der Waals surface area contributed by atoms with Crippen molar-refractivity contribution in [3.8, 4) is 0 Å². The highest BCUT2D eigenvalue weighted by Gasteiger charge is 2.43. The van der Waals surface area contributed by atoms with E-state index in [0.29, 0.717) is 12.8 Å². The van der Waals surface area contributed by atoms with Gasteiger partial charge in [-0.1, -0.05) is 24.3 Å². The van der Waals surface area contributed by atoms with E-state index >= 15 is 0 Å². The molecular weight excluding hydrogens is 278 g/mol. The maximum atomic E-state index is 12.6. The molecule has 0 fully saturated rings. The van der Waals surface area contributed by atoms with Crippen molar-refractivity contribution in [3.63, 3.8) is 0 Å². The van der Waals surface area contributed by atoms with E-state index in [-0.39, 0.29) is 11.9 Å².